The van der Waals surface area contributed by atoms with Crippen LogP contribution in [0.1, 0.15) is 32.6 Å². The van der Waals surface area contributed by atoms with Crippen LogP contribution in [0.5, 0.6) is 0 Å². The summed E-state index contributed by atoms with van der Waals surface area (Å²) >= 11 is 3.46. The fraction of sp³-hybridized carbons (Fsp3) is 0.692. The van der Waals surface area contributed by atoms with E-state index in [2.05, 4.69) is 32.7 Å². The van der Waals surface area contributed by atoms with Crippen LogP contribution >= 0.6 is 15.9 Å². The van der Waals surface area contributed by atoms with Crippen molar-refractivity contribution in [1.29, 1.82) is 0 Å². The highest BCUT2D eigenvalue weighted by Crippen LogP contribution is 2.26. The minimum Gasteiger partial charge on any atom is -0.348 e. The van der Waals surface area contributed by atoms with Gasteiger partial charge in [0, 0.05) is 36.9 Å². The molecular weight excluding hydrogens is 294 g/mol. The Kier molecular flexibility index (Phi) is 4.80. The predicted molar refractivity (Wildman–Crippen MR) is 77.6 cm³/mol. The number of aromatic nitrogens is 2. The molecule has 1 heterocycles. The van der Waals surface area contributed by atoms with Crippen LogP contribution in [0.4, 0.5) is 5.82 Å². The SMILES string of the molecule is CCCn1ccnc(N(CCBr)C2CCC2)c1=O. The lowest BCUT2D eigenvalue weighted by atomic mass is 9.91. The number of hydrogen-bond donors (Lipinski definition) is 0. The van der Waals surface area contributed by atoms with E-state index >= 15 is 0 Å². The molecule has 0 radical (unpaired) electrons. The quantitative estimate of drug-likeness (QED) is 0.757. The summed E-state index contributed by atoms with van der Waals surface area (Å²) in [7, 11) is 0. The fourth-order valence-electron chi connectivity index (χ4n) is 2.30. The normalized spacial score (nSPS) is 15.4. The Morgan fingerprint density at radius 2 is 2.33 bits per heavy atom. The summed E-state index contributed by atoms with van der Waals surface area (Å²) in [6, 6.07) is 0.500. The number of aryl methyl sites for hydroxylation is 1. The van der Waals surface area contributed by atoms with Gasteiger partial charge in [-0.2, -0.15) is 0 Å². The molecule has 5 heteroatoms. The topological polar surface area (TPSA) is 38.1 Å². The van der Waals surface area contributed by atoms with E-state index in [9.17, 15) is 4.79 Å². The average molecular weight is 314 g/mol. The zero-order valence-electron chi connectivity index (χ0n) is 10.8. The smallest absolute Gasteiger partial charge is 0.293 e. The number of anilines is 1. The van der Waals surface area contributed by atoms with Gasteiger partial charge in [0.2, 0.25) is 0 Å². The molecule has 0 atom stereocenters. The highest BCUT2D eigenvalue weighted by Gasteiger charge is 2.27. The molecule has 1 aliphatic rings. The van der Waals surface area contributed by atoms with Crippen LogP contribution in [-0.4, -0.2) is 27.5 Å². The van der Waals surface area contributed by atoms with E-state index in [-0.39, 0.29) is 5.56 Å². The van der Waals surface area contributed by atoms with Gasteiger partial charge in [-0.15, -0.1) is 0 Å². The molecule has 1 saturated carbocycles. The third-order valence-corrected chi connectivity index (χ3v) is 3.83. The summed E-state index contributed by atoms with van der Waals surface area (Å²) in [5, 5.41) is 0.868. The highest BCUT2D eigenvalue weighted by molar-refractivity contribution is 9.09. The molecule has 0 saturated heterocycles. The summed E-state index contributed by atoms with van der Waals surface area (Å²) in [6.07, 6.45) is 8.10. The van der Waals surface area contributed by atoms with Crippen LogP contribution in [0.3, 0.4) is 0 Å². The second kappa shape index (κ2) is 6.36. The van der Waals surface area contributed by atoms with Gasteiger partial charge in [0.15, 0.2) is 5.82 Å². The van der Waals surface area contributed by atoms with Gasteiger partial charge in [-0.1, -0.05) is 22.9 Å². The van der Waals surface area contributed by atoms with E-state index in [0.29, 0.717) is 11.9 Å². The molecule has 0 aromatic carbocycles. The molecule has 0 unspecified atom stereocenters. The van der Waals surface area contributed by atoms with Crippen molar-refractivity contribution >= 4 is 21.7 Å². The van der Waals surface area contributed by atoms with Gasteiger partial charge in [-0.3, -0.25) is 4.79 Å². The van der Waals surface area contributed by atoms with Crippen molar-refractivity contribution < 1.29 is 0 Å². The van der Waals surface area contributed by atoms with Crippen molar-refractivity contribution in [2.75, 3.05) is 16.8 Å². The minimum absolute atomic E-state index is 0.0483. The molecule has 0 aliphatic heterocycles. The van der Waals surface area contributed by atoms with Gasteiger partial charge >= 0.3 is 0 Å². The first-order valence-electron chi connectivity index (χ1n) is 6.66. The van der Waals surface area contributed by atoms with Gasteiger partial charge in [0.05, 0.1) is 0 Å². The zero-order valence-corrected chi connectivity index (χ0v) is 12.4. The van der Waals surface area contributed by atoms with Gasteiger partial charge in [0.1, 0.15) is 0 Å². The molecule has 0 bridgehead atoms. The van der Waals surface area contributed by atoms with Crippen LogP contribution < -0.4 is 10.5 Å². The fourth-order valence-corrected chi connectivity index (χ4v) is 2.68. The molecule has 18 heavy (non-hydrogen) atoms. The number of nitrogens with zero attached hydrogens (tertiary/aromatic N) is 3. The first kappa shape index (κ1) is 13.6. The summed E-state index contributed by atoms with van der Waals surface area (Å²) < 4.78 is 1.77. The third-order valence-electron chi connectivity index (χ3n) is 3.47. The summed E-state index contributed by atoms with van der Waals surface area (Å²) in [6.45, 7) is 3.69. The van der Waals surface area contributed by atoms with Crippen LogP contribution in [0.25, 0.3) is 0 Å². The lowest BCUT2D eigenvalue weighted by Gasteiger charge is -2.37. The largest absolute Gasteiger partial charge is 0.348 e. The molecule has 1 aromatic heterocycles. The van der Waals surface area contributed by atoms with Crippen molar-refractivity contribution in [1.82, 2.24) is 9.55 Å². The van der Waals surface area contributed by atoms with Crippen LogP contribution in [0, 0.1) is 0 Å². The number of alkyl halides is 1. The highest BCUT2D eigenvalue weighted by atomic mass is 79.9. The maximum absolute atomic E-state index is 12.4. The van der Waals surface area contributed by atoms with Crippen molar-refractivity contribution in [2.45, 2.75) is 45.2 Å². The van der Waals surface area contributed by atoms with Gasteiger partial charge in [-0.25, -0.2) is 4.98 Å². The number of hydrogen-bond acceptors (Lipinski definition) is 3. The first-order valence-corrected chi connectivity index (χ1v) is 7.78. The second-order valence-electron chi connectivity index (χ2n) is 4.72. The first-order chi connectivity index (χ1) is 8.77. The van der Waals surface area contributed by atoms with E-state index in [1.165, 1.54) is 19.3 Å². The molecule has 1 aromatic rings. The summed E-state index contributed by atoms with van der Waals surface area (Å²) in [4.78, 5) is 18.9. The van der Waals surface area contributed by atoms with Crippen molar-refractivity contribution in [2.24, 2.45) is 0 Å². The molecule has 1 fully saturated rings. The van der Waals surface area contributed by atoms with Crippen LogP contribution in [0.15, 0.2) is 17.2 Å². The zero-order chi connectivity index (χ0) is 13.0. The third kappa shape index (κ3) is 2.76. The van der Waals surface area contributed by atoms with Crippen molar-refractivity contribution in [3.63, 3.8) is 0 Å². The number of halogens is 1. The van der Waals surface area contributed by atoms with Gasteiger partial charge < -0.3 is 9.47 Å². The predicted octanol–water partition coefficient (Wildman–Crippen LogP) is 2.41. The summed E-state index contributed by atoms with van der Waals surface area (Å²) in [5.41, 5.74) is 0.0483. The molecule has 2 rings (SSSR count). The Hall–Kier alpha value is -0.840. The Labute approximate surface area is 116 Å². The van der Waals surface area contributed by atoms with E-state index in [1.807, 2.05) is 0 Å². The van der Waals surface area contributed by atoms with E-state index in [4.69, 9.17) is 0 Å². The van der Waals surface area contributed by atoms with Crippen molar-refractivity contribution in [3.8, 4) is 0 Å². The Bertz CT molecular complexity index is 442. The van der Waals surface area contributed by atoms with E-state index in [0.717, 1.165) is 24.8 Å². The monoisotopic (exact) mass is 313 g/mol. The molecule has 0 amide bonds. The minimum atomic E-state index is 0.0483. The van der Waals surface area contributed by atoms with E-state index in [1.54, 1.807) is 17.0 Å². The van der Waals surface area contributed by atoms with Crippen LogP contribution in [-0.2, 0) is 6.54 Å². The lowest BCUT2D eigenvalue weighted by Crippen LogP contribution is -2.45. The Morgan fingerprint density at radius 1 is 1.56 bits per heavy atom. The molecule has 0 spiro atoms. The van der Waals surface area contributed by atoms with Crippen LogP contribution in [0.2, 0.25) is 0 Å². The average Bonchev–Trinajstić information content (AvgIpc) is 2.29. The van der Waals surface area contributed by atoms with Gasteiger partial charge in [-0.05, 0) is 25.7 Å². The maximum Gasteiger partial charge on any atom is 0.293 e. The standard InChI is InChI=1S/C13H20BrN3O/c1-2-8-16-10-7-15-12(13(16)18)17(9-6-14)11-4-3-5-11/h7,10-11H,2-6,8-9H2,1H3. The maximum atomic E-state index is 12.4. The Morgan fingerprint density at radius 3 is 2.89 bits per heavy atom. The molecule has 100 valence electrons. The second-order valence-corrected chi connectivity index (χ2v) is 5.51. The summed E-state index contributed by atoms with van der Waals surface area (Å²) in [5.74, 6) is 0.620. The Balaban J connectivity index is 2.28. The van der Waals surface area contributed by atoms with Crippen molar-refractivity contribution in [3.05, 3.63) is 22.7 Å². The molecular formula is C13H20BrN3O. The van der Waals surface area contributed by atoms with E-state index < -0.39 is 0 Å². The molecule has 4 nitrogen and oxygen atoms in total. The lowest BCUT2D eigenvalue weighted by molar-refractivity contribution is 0.387. The molecule has 0 N–H and O–H groups in total. The number of rotatable bonds is 6. The van der Waals surface area contributed by atoms with Gasteiger partial charge in [0.25, 0.3) is 5.56 Å². The molecule has 1 aliphatic carbocycles.